The molecule has 0 aliphatic carbocycles. The van der Waals surface area contributed by atoms with Crippen LogP contribution in [0.3, 0.4) is 0 Å². The predicted octanol–water partition coefficient (Wildman–Crippen LogP) is 1.63. The SMILES string of the molecule is C#CCOc1cc(N=CNOCOC)cc(F)c1OCC#C. The first kappa shape index (κ1) is 17.3. The highest BCUT2D eigenvalue weighted by Crippen LogP contribution is 2.34. The molecule has 1 aromatic carbocycles. The van der Waals surface area contributed by atoms with E-state index >= 15 is 0 Å². The molecule has 0 bridgehead atoms. The maximum atomic E-state index is 14.0. The summed E-state index contributed by atoms with van der Waals surface area (Å²) in [5.74, 6) is 3.84. The molecule has 0 fully saturated rings. The third kappa shape index (κ3) is 5.71. The summed E-state index contributed by atoms with van der Waals surface area (Å²) in [4.78, 5) is 8.73. The Morgan fingerprint density at radius 1 is 1.27 bits per heavy atom. The fourth-order valence-corrected chi connectivity index (χ4v) is 1.34. The fraction of sp³-hybridized carbons (Fsp3) is 0.267. The maximum absolute atomic E-state index is 14.0. The Hall–Kier alpha value is -2.74. The molecule has 0 amide bonds. The fourth-order valence-electron chi connectivity index (χ4n) is 1.34. The average molecular weight is 306 g/mol. The van der Waals surface area contributed by atoms with E-state index in [4.69, 9.17) is 27.2 Å². The van der Waals surface area contributed by atoms with Crippen molar-refractivity contribution >= 4 is 12.0 Å². The van der Waals surface area contributed by atoms with Crippen molar-refractivity contribution in [2.45, 2.75) is 0 Å². The molecule has 22 heavy (non-hydrogen) atoms. The van der Waals surface area contributed by atoms with Crippen LogP contribution in [0.5, 0.6) is 11.5 Å². The van der Waals surface area contributed by atoms with E-state index in [2.05, 4.69) is 27.1 Å². The smallest absolute Gasteiger partial charge is 0.198 e. The number of halogens is 1. The van der Waals surface area contributed by atoms with Gasteiger partial charge in [0, 0.05) is 19.2 Å². The van der Waals surface area contributed by atoms with Gasteiger partial charge in [0.15, 0.2) is 24.1 Å². The normalized spacial score (nSPS) is 10.0. The minimum Gasteiger partial charge on any atom is -0.477 e. The van der Waals surface area contributed by atoms with E-state index in [1.54, 1.807) is 0 Å². The first-order valence-electron chi connectivity index (χ1n) is 6.07. The number of rotatable bonds is 9. The summed E-state index contributed by atoms with van der Waals surface area (Å²) in [5.41, 5.74) is 2.67. The Kier molecular flexibility index (Phi) is 7.91. The quantitative estimate of drug-likeness (QED) is 0.188. The number of hydrogen-bond acceptors (Lipinski definition) is 5. The average Bonchev–Trinajstić information content (AvgIpc) is 2.51. The Morgan fingerprint density at radius 2 is 2.00 bits per heavy atom. The van der Waals surface area contributed by atoms with E-state index in [0.717, 1.165) is 6.07 Å². The summed E-state index contributed by atoms with van der Waals surface area (Å²) in [6.07, 6.45) is 11.4. The van der Waals surface area contributed by atoms with Crippen LogP contribution >= 0.6 is 0 Å². The lowest BCUT2D eigenvalue weighted by atomic mass is 10.2. The molecule has 0 heterocycles. The molecule has 1 N–H and O–H groups in total. The lowest BCUT2D eigenvalue weighted by Crippen LogP contribution is -2.13. The van der Waals surface area contributed by atoms with Crippen molar-refractivity contribution < 1.29 is 23.4 Å². The number of terminal acetylenes is 2. The van der Waals surface area contributed by atoms with Gasteiger partial charge in [-0.3, -0.25) is 5.48 Å². The Bertz CT molecular complexity index is 590. The van der Waals surface area contributed by atoms with Gasteiger partial charge in [-0.2, -0.15) is 0 Å². The maximum Gasteiger partial charge on any atom is 0.198 e. The zero-order valence-electron chi connectivity index (χ0n) is 12.0. The molecule has 7 heteroatoms. The number of benzene rings is 1. The number of methoxy groups -OCH3 is 1. The predicted molar refractivity (Wildman–Crippen MR) is 79.3 cm³/mol. The first-order valence-corrected chi connectivity index (χ1v) is 6.07. The number of ether oxygens (including phenoxy) is 3. The molecular weight excluding hydrogens is 291 g/mol. The van der Waals surface area contributed by atoms with Gasteiger partial charge in [0.2, 0.25) is 0 Å². The summed E-state index contributed by atoms with van der Waals surface area (Å²) in [5, 5.41) is 0. The highest BCUT2D eigenvalue weighted by atomic mass is 19.1. The Morgan fingerprint density at radius 3 is 2.68 bits per heavy atom. The molecule has 0 aliphatic heterocycles. The van der Waals surface area contributed by atoms with Crippen LogP contribution in [-0.2, 0) is 9.57 Å². The van der Waals surface area contributed by atoms with Crippen molar-refractivity contribution in [1.29, 1.82) is 0 Å². The van der Waals surface area contributed by atoms with E-state index < -0.39 is 5.82 Å². The first-order chi connectivity index (χ1) is 10.7. The van der Waals surface area contributed by atoms with Crippen molar-refractivity contribution in [2.75, 3.05) is 27.1 Å². The highest BCUT2D eigenvalue weighted by molar-refractivity contribution is 5.62. The Balaban J connectivity index is 2.89. The van der Waals surface area contributed by atoms with Crippen LogP contribution < -0.4 is 15.0 Å². The van der Waals surface area contributed by atoms with Gasteiger partial charge in [-0.05, 0) is 0 Å². The van der Waals surface area contributed by atoms with Gasteiger partial charge in [0.25, 0.3) is 0 Å². The molecule has 1 rings (SSSR count). The number of nitrogens with zero attached hydrogens (tertiary/aromatic N) is 1. The zero-order chi connectivity index (χ0) is 16.2. The van der Waals surface area contributed by atoms with Crippen LogP contribution in [0.15, 0.2) is 17.1 Å². The van der Waals surface area contributed by atoms with Gasteiger partial charge >= 0.3 is 0 Å². The molecule has 0 aliphatic rings. The van der Waals surface area contributed by atoms with Crippen molar-refractivity contribution in [2.24, 2.45) is 4.99 Å². The summed E-state index contributed by atoms with van der Waals surface area (Å²) in [7, 11) is 1.47. The minimum absolute atomic E-state index is 0.0375. The van der Waals surface area contributed by atoms with Gasteiger partial charge in [0.1, 0.15) is 19.6 Å². The van der Waals surface area contributed by atoms with Crippen LogP contribution in [0.4, 0.5) is 10.1 Å². The van der Waals surface area contributed by atoms with Crippen molar-refractivity contribution in [1.82, 2.24) is 5.48 Å². The van der Waals surface area contributed by atoms with Gasteiger partial charge in [-0.25, -0.2) is 14.2 Å². The van der Waals surface area contributed by atoms with Gasteiger partial charge in [-0.15, -0.1) is 12.8 Å². The topological polar surface area (TPSA) is 61.3 Å². The lowest BCUT2D eigenvalue weighted by molar-refractivity contribution is -0.0573. The molecule has 0 spiro atoms. The van der Waals surface area contributed by atoms with Gasteiger partial charge in [-0.1, -0.05) is 11.8 Å². The molecule has 0 unspecified atom stereocenters. The summed E-state index contributed by atoms with van der Waals surface area (Å²) >= 11 is 0. The van der Waals surface area contributed by atoms with E-state index in [1.807, 2.05) is 0 Å². The molecule has 0 saturated heterocycles. The molecule has 0 aromatic heterocycles. The molecular formula is C15H15FN2O4. The summed E-state index contributed by atoms with van der Waals surface area (Å²) < 4.78 is 29.0. The molecule has 0 atom stereocenters. The molecule has 0 saturated carbocycles. The van der Waals surface area contributed by atoms with Gasteiger partial charge in [0.05, 0.1) is 5.69 Å². The third-order valence-electron chi connectivity index (χ3n) is 2.13. The second kappa shape index (κ2) is 10.1. The molecule has 1 aromatic rings. The van der Waals surface area contributed by atoms with Gasteiger partial charge < -0.3 is 14.2 Å². The Labute approximate surface area is 128 Å². The second-order valence-corrected chi connectivity index (χ2v) is 3.67. The molecule has 6 nitrogen and oxygen atoms in total. The van der Waals surface area contributed by atoms with E-state index in [0.29, 0.717) is 0 Å². The van der Waals surface area contributed by atoms with Crippen LogP contribution in [0, 0.1) is 30.5 Å². The van der Waals surface area contributed by atoms with E-state index in [-0.39, 0.29) is 37.2 Å². The van der Waals surface area contributed by atoms with Crippen LogP contribution in [0.25, 0.3) is 0 Å². The monoisotopic (exact) mass is 306 g/mol. The van der Waals surface area contributed by atoms with Crippen molar-refractivity contribution in [3.8, 4) is 36.2 Å². The number of hydrogen-bond donors (Lipinski definition) is 1. The lowest BCUT2D eigenvalue weighted by Gasteiger charge is -2.11. The minimum atomic E-state index is -0.672. The summed E-state index contributed by atoms with van der Waals surface area (Å²) in [6.45, 7) is -0.109. The number of aliphatic imine (C=N–C) groups is 1. The van der Waals surface area contributed by atoms with E-state index in [1.165, 1.54) is 19.5 Å². The van der Waals surface area contributed by atoms with Crippen molar-refractivity contribution in [3.05, 3.63) is 17.9 Å². The zero-order valence-corrected chi connectivity index (χ0v) is 12.0. The van der Waals surface area contributed by atoms with Crippen LogP contribution in [0.2, 0.25) is 0 Å². The van der Waals surface area contributed by atoms with Crippen LogP contribution in [-0.4, -0.2) is 33.5 Å². The third-order valence-corrected chi connectivity index (χ3v) is 2.13. The number of hydroxylamine groups is 1. The highest BCUT2D eigenvalue weighted by Gasteiger charge is 2.13. The van der Waals surface area contributed by atoms with E-state index in [9.17, 15) is 4.39 Å². The number of nitrogens with one attached hydrogen (secondary N) is 1. The molecule has 116 valence electrons. The standard InChI is InChI=1S/C15H15FN2O4/c1-4-6-20-14-9-12(17-10-18-22-11-19-3)8-13(16)15(14)21-7-5-2/h1-2,8-10H,6-7,11H2,3H3,(H,17,18). The van der Waals surface area contributed by atoms with Crippen LogP contribution in [0.1, 0.15) is 0 Å². The largest absolute Gasteiger partial charge is 0.477 e. The second-order valence-electron chi connectivity index (χ2n) is 3.67. The molecule has 0 radical (unpaired) electrons. The summed E-state index contributed by atoms with van der Waals surface area (Å²) in [6, 6.07) is 2.61. The van der Waals surface area contributed by atoms with Crippen molar-refractivity contribution in [3.63, 3.8) is 0 Å².